The molecule has 9 heteroatoms. The van der Waals surface area contributed by atoms with Gasteiger partial charge in [-0.25, -0.2) is 13.4 Å². The van der Waals surface area contributed by atoms with Crippen molar-refractivity contribution in [3.8, 4) is 0 Å². The van der Waals surface area contributed by atoms with Crippen LogP contribution in [0.5, 0.6) is 0 Å². The van der Waals surface area contributed by atoms with Gasteiger partial charge in [0, 0.05) is 41.9 Å². The Morgan fingerprint density at radius 1 is 1.14 bits per heavy atom. The summed E-state index contributed by atoms with van der Waals surface area (Å²) in [6.45, 7) is 7.72. The van der Waals surface area contributed by atoms with Gasteiger partial charge in [-0.05, 0) is 62.1 Å². The van der Waals surface area contributed by atoms with E-state index >= 15 is 0 Å². The lowest BCUT2D eigenvalue weighted by molar-refractivity contribution is -0.117. The summed E-state index contributed by atoms with van der Waals surface area (Å²) >= 11 is 0. The molecule has 1 fully saturated rings. The van der Waals surface area contributed by atoms with Crippen LogP contribution in [-0.4, -0.2) is 48.8 Å². The Bertz CT molecular complexity index is 1220. The van der Waals surface area contributed by atoms with Crippen molar-refractivity contribution in [2.24, 2.45) is 5.92 Å². The van der Waals surface area contributed by atoms with Crippen LogP contribution in [0.3, 0.4) is 0 Å². The smallest absolute Gasteiger partial charge is 0.251 e. The highest BCUT2D eigenvalue weighted by molar-refractivity contribution is 7.91. The molecule has 35 heavy (non-hydrogen) atoms. The van der Waals surface area contributed by atoms with E-state index in [-0.39, 0.29) is 47.4 Å². The molecule has 0 spiro atoms. The number of nitrogens with zero attached hydrogens (tertiary/aromatic N) is 2. The molecule has 2 amide bonds. The average molecular weight is 499 g/mol. The van der Waals surface area contributed by atoms with E-state index in [1.165, 1.54) is 0 Å². The summed E-state index contributed by atoms with van der Waals surface area (Å²) < 4.78 is 23.5. The minimum atomic E-state index is -3.00. The fraction of sp³-hybridized carbons (Fsp3) is 0.500. The van der Waals surface area contributed by atoms with Crippen molar-refractivity contribution in [2.75, 3.05) is 21.7 Å². The minimum absolute atomic E-state index is 0.00572. The molecule has 0 bridgehead atoms. The topological polar surface area (TPSA) is 108 Å². The van der Waals surface area contributed by atoms with Gasteiger partial charge in [0.05, 0.1) is 17.5 Å². The SMILES string of the molecule is CC[C@H]1C(C)C(Nc2cccc(C)n2)c2cc(C(=O)NC3CCS(=O)(=O)CC3)ccc2N1C(C)=O. The van der Waals surface area contributed by atoms with Crippen molar-refractivity contribution >= 4 is 33.2 Å². The molecule has 2 aliphatic rings. The van der Waals surface area contributed by atoms with E-state index in [0.29, 0.717) is 18.4 Å². The van der Waals surface area contributed by atoms with Crippen molar-refractivity contribution in [1.29, 1.82) is 0 Å². The summed E-state index contributed by atoms with van der Waals surface area (Å²) in [6, 6.07) is 11.0. The molecule has 1 aromatic heterocycles. The molecule has 1 aromatic carbocycles. The molecule has 3 atom stereocenters. The highest BCUT2D eigenvalue weighted by Gasteiger charge is 2.40. The molecule has 4 rings (SSSR count). The Kier molecular flexibility index (Phi) is 7.17. The summed E-state index contributed by atoms with van der Waals surface area (Å²) in [5.74, 6) is 0.752. The third-order valence-electron chi connectivity index (χ3n) is 7.19. The molecule has 2 aromatic rings. The normalized spacial score (nSPS) is 23.9. The number of sulfone groups is 1. The Balaban J connectivity index is 1.68. The monoisotopic (exact) mass is 498 g/mol. The number of benzene rings is 1. The minimum Gasteiger partial charge on any atom is -0.363 e. The second-order valence-corrected chi connectivity index (χ2v) is 12.0. The first kappa shape index (κ1) is 25.2. The Hall–Kier alpha value is -2.94. The number of carbonyl (C=O) groups is 2. The van der Waals surface area contributed by atoms with Gasteiger partial charge < -0.3 is 15.5 Å². The van der Waals surface area contributed by atoms with Crippen molar-refractivity contribution in [3.63, 3.8) is 0 Å². The number of aromatic nitrogens is 1. The maximum atomic E-state index is 13.1. The van der Waals surface area contributed by atoms with E-state index in [2.05, 4.69) is 29.5 Å². The van der Waals surface area contributed by atoms with Crippen molar-refractivity contribution < 1.29 is 18.0 Å². The number of aryl methyl sites for hydroxylation is 1. The van der Waals surface area contributed by atoms with Crippen LogP contribution in [0.4, 0.5) is 11.5 Å². The number of hydrogen-bond acceptors (Lipinski definition) is 6. The number of pyridine rings is 1. The van der Waals surface area contributed by atoms with Gasteiger partial charge in [-0.1, -0.05) is 19.9 Å². The number of anilines is 2. The molecule has 188 valence electrons. The molecule has 8 nitrogen and oxygen atoms in total. The Morgan fingerprint density at radius 3 is 2.49 bits per heavy atom. The molecular formula is C26H34N4O4S. The predicted molar refractivity (Wildman–Crippen MR) is 137 cm³/mol. The van der Waals surface area contributed by atoms with Gasteiger partial charge in [-0.15, -0.1) is 0 Å². The van der Waals surface area contributed by atoms with E-state index in [1.54, 1.807) is 13.0 Å². The van der Waals surface area contributed by atoms with E-state index in [0.717, 1.165) is 29.2 Å². The van der Waals surface area contributed by atoms with Crippen molar-refractivity contribution in [1.82, 2.24) is 10.3 Å². The van der Waals surface area contributed by atoms with E-state index in [4.69, 9.17) is 0 Å². The van der Waals surface area contributed by atoms with Gasteiger partial charge in [0.15, 0.2) is 0 Å². The maximum absolute atomic E-state index is 13.1. The number of nitrogens with one attached hydrogen (secondary N) is 2. The quantitative estimate of drug-likeness (QED) is 0.652. The van der Waals surface area contributed by atoms with Crippen LogP contribution in [0.15, 0.2) is 36.4 Å². The highest BCUT2D eigenvalue weighted by Crippen LogP contribution is 2.43. The third-order valence-corrected chi connectivity index (χ3v) is 8.90. The zero-order valence-corrected chi connectivity index (χ0v) is 21.6. The fourth-order valence-electron chi connectivity index (χ4n) is 5.34. The predicted octanol–water partition coefficient (Wildman–Crippen LogP) is 3.63. The standard InChI is InChI=1S/C26H34N4O4S/c1-5-22-17(3)25(29-24-8-6-7-16(2)27-24)21-15-19(9-10-23(21)30(22)18(4)31)26(32)28-20-11-13-35(33,34)14-12-20/h6-10,15,17,20,22,25H,5,11-14H2,1-4H3,(H,27,29)(H,28,32)/t17?,22-,25?/m0/s1. The van der Waals surface area contributed by atoms with Crippen LogP contribution in [-0.2, 0) is 14.6 Å². The molecule has 1 saturated heterocycles. The lowest BCUT2D eigenvalue weighted by Gasteiger charge is -2.45. The number of amides is 2. The number of carbonyl (C=O) groups excluding carboxylic acids is 2. The second kappa shape index (κ2) is 9.97. The summed E-state index contributed by atoms with van der Waals surface area (Å²) in [4.78, 5) is 32.2. The molecule has 2 aliphatic heterocycles. The first-order valence-corrected chi connectivity index (χ1v) is 14.1. The highest BCUT2D eigenvalue weighted by atomic mass is 32.2. The van der Waals surface area contributed by atoms with Crippen LogP contribution in [0, 0.1) is 12.8 Å². The Morgan fingerprint density at radius 2 is 1.86 bits per heavy atom. The van der Waals surface area contributed by atoms with Gasteiger partial charge in [0.1, 0.15) is 15.7 Å². The average Bonchev–Trinajstić information content (AvgIpc) is 2.81. The maximum Gasteiger partial charge on any atom is 0.251 e. The van der Waals surface area contributed by atoms with Gasteiger partial charge >= 0.3 is 0 Å². The first-order valence-electron chi connectivity index (χ1n) is 12.2. The van der Waals surface area contributed by atoms with Crippen LogP contribution in [0.25, 0.3) is 0 Å². The van der Waals surface area contributed by atoms with Gasteiger partial charge in [0.25, 0.3) is 5.91 Å². The number of hydrogen-bond donors (Lipinski definition) is 2. The second-order valence-electron chi connectivity index (χ2n) is 9.68. The molecule has 0 radical (unpaired) electrons. The number of rotatable bonds is 5. The first-order chi connectivity index (χ1) is 16.6. The molecule has 3 heterocycles. The third kappa shape index (κ3) is 5.34. The van der Waals surface area contributed by atoms with Crippen LogP contribution >= 0.6 is 0 Å². The van der Waals surface area contributed by atoms with Crippen molar-refractivity contribution in [2.45, 2.75) is 65.1 Å². The molecule has 0 aliphatic carbocycles. The molecule has 2 unspecified atom stereocenters. The van der Waals surface area contributed by atoms with E-state index < -0.39 is 9.84 Å². The van der Waals surface area contributed by atoms with Gasteiger partial charge in [-0.2, -0.15) is 0 Å². The van der Waals surface area contributed by atoms with Gasteiger partial charge in [-0.3, -0.25) is 9.59 Å². The van der Waals surface area contributed by atoms with Crippen LogP contribution in [0.1, 0.15) is 67.7 Å². The lowest BCUT2D eigenvalue weighted by atomic mass is 9.80. The van der Waals surface area contributed by atoms with Crippen LogP contribution in [0.2, 0.25) is 0 Å². The zero-order valence-electron chi connectivity index (χ0n) is 20.7. The summed E-state index contributed by atoms with van der Waals surface area (Å²) in [6.07, 6.45) is 1.65. The van der Waals surface area contributed by atoms with Gasteiger partial charge in [0.2, 0.25) is 5.91 Å². The molecule has 0 saturated carbocycles. The number of fused-ring (bicyclic) bond motifs is 1. The lowest BCUT2D eigenvalue weighted by Crippen LogP contribution is -2.49. The largest absolute Gasteiger partial charge is 0.363 e. The van der Waals surface area contributed by atoms with E-state index in [9.17, 15) is 18.0 Å². The summed E-state index contributed by atoms with van der Waals surface area (Å²) in [7, 11) is -3.00. The zero-order chi connectivity index (χ0) is 25.3. The molecule has 2 N–H and O–H groups in total. The molecular weight excluding hydrogens is 464 g/mol. The summed E-state index contributed by atoms with van der Waals surface area (Å²) in [5, 5.41) is 6.56. The Labute approximate surface area is 207 Å². The van der Waals surface area contributed by atoms with Crippen molar-refractivity contribution in [3.05, 3.63) is 53.2 Å². The summed E-state index contributed by atoms with van der Waals surface area (Å²) in [5.41, 5.74) is 3.07. The fourth-order valence-corrected chi connectivity index (χ4v) is 6.83. The van der Waals surface area contributed by atoms with E-state index in [1.807, 2.05) is 42.2 Å². The van der Waals surface area contributed by atoms with Crippen LogP contribution < -0.4 is 15.5 Å².